The number of nitrogens with zero attached hydrogens (tertiary/aromatic N) is 1. The minimum atomic E-state index is -4.52. The number of ether oxygens (including phenoxy) is 4. The number of aliphatic hydroxyl groups is 3. The van der Waals surface area contributed by atoms with Crippen LogP contribution in [0.4, 0.5) is 0 Å². The molecular formula is C35H63NO15P+. The summed E-state index contributed by atoms with van der Waals surface area (Å²) in [5.41, 5.74) is 0. The summed E-state index contributed by atoms with van der Waals surface area (Å²) in [4.78, 5) is 58.4. The third-order valence-electron chi connectivity index (χ3n) is 8.12. The maximum atomic E-state index is 12.6. The van der Waals surface area contributed by atoms with Crippen LogP contribution >= 0.6 is 7.82 Å². The molecule has 0 aromatic carbocycles. The molecule has 0 bridgehead atoms. The van der Waals surface area contributed by atoms with Gasteiger partial charge < -0.3 is 43.6 Å². The van der Waals surface area contributed by atoms with Crippen molar-refractivity contribution in [2.75, 3.05) is 54.1 Å². The first kappa shape index (κ1) is 47.3. The van der Waals surface area contributed by atoms with E-state index in [2.05, 4.69) is 11.7 Å². The summed E-state index contributed by atoms with van der Waals surface area (Å²) in [6.07, 6.45) is 10.3. The number of rotatable bonds is 31. The molecule has 0 aromatic heterocycles. The summed E-state index contributed by atoms with van der Waals surface area (Å²) in [5.74, 6) is -5.29. The van der Waals surface area contributed by atoms with E-state index in [1.54, 1.807) is 0 Å². The average Bonchev–Trinajstić information content (AvgIpc) is 3.33. The van der Waals surface area contributed by atoms with Gasteiger partial charge in [-0.1, -0.05) is 84.0 Å². The number of esters is 4. The molecular weight excluding hydrogens is 705 g/mol. The van der Waals surface area contributed by atoms with Crippen LogP contribution in [0.1, 0.15) is 116 Å². The summed E-state index contributed by atoms with van der Waals surface area (Å²) in [5, 5.41) is 29.0. The van der Waals surface area contributed by atoms with Crippen LogP contribution in [0.5, 0.6) is 0 Å². The Balaban J connectivity index is 2.45. The summed E-state index contributed by atoms with van der Waals surface area (Å²) < 4.78 is 43.0. The van der Waals surface area contributed by atoms with E-state index in [1.165, 1.54) is 57.8 Å². The predicted octanol–water partition coefficient (Wildman–Crippen LogP) is 5.09. The van der Waals surface area contributed by atoms with Gasteiger partial charge in [-0.15, -0.1) is 0 Å². The van der Waals surface area contributed by atoms with Gasteiger partial charge in [-0.25, -0.2) is 9.36 Å². The molecule has 0 aliphatic carbocycles. The highest BCUT2D eigenvalue weighted by Crippen LogP contribution is 2.43. The highest BCUT2D eigenvalue weighted by molar-refractivity contribution is 7.47. The van der Waals surface area contributed by atoms with Gasteiger partial charge in [0, 0.05) is 19.3 Å². The average molecular weight is 769 g/mol. The minimum Gasteiger partial charge on any atom is -0.505 e. The van der Waals surface area contributed by atoms with Crippen LogP contribution in [-0.4, -0.2) is 121 Å². The van der Waals surface area contributed by atoms with Gasteiger partial charge in [0.15, 0.2) is 18.0 Å². The third-order valence-corrected chi connectivity index (χ3v) is 9.10. The predicted molar refractivity (Wildman–Crippen MR) is 189 cm³/mol. The second-order valence-corrected chi connectivity index (χ2v) is 15.5. The number of hydrogen-bond acceptors (Lipinski definition) is 14. The van der Waals surface area contributed by atoms with E-state index in [-0.39, 0.29) is 32.3 Å². The first-order valence-electron chi connectivity index (χ1n) is 18.5. The maximum Gasteiger partial charge on any atom is 0.472 e. The van der Waals surface area contributed by atoms with Crippen molar-refractivity contribution in [2.24, 2.45) is 0 Å². The fourth-order valence-corrected chi connectivity index (χ4v) is 5.73. The molecule has 17 heteroatoms. The SMILES string of the molecule is CCCCCCCCCCCCCCCC(=O)OCC(COP(=O)(O)OCC[N+](C)(C)C)OC(=O)CCCC(=O)OC[C@H](O)[C@H]1OC(=O)C(O)=C1O. The third kappa shape index (κ3) is 23.0. The van der Waals surface area contributed by atoms with Crippen molar-refractivity contribution in [1.82, 2.24) is 0 Å². The first-order chi connectivity index (χ1) is 24.5. The van der Waals surface area contributed by atoms with Gasteiger partial charge in [0.25, 0.3) is 0 Å². The van der Waals surface area contributed by atoms with Gasteiger partial charge in [0.05, 0.1) is 27.7 Å². The smallest absolute Gasteiger partial charge is 0.472 e. The molecule has 0 aromatic rings. The topological polar surface area (TPSA) is 222 Å². The maximum absolute atomic E-state index is 12.6. The summed E-state index contributed by atoms with van der Waals surface area (Å²) in [7, 11) is 1.11. The molecule has 1 rings (SSSR count). The number of unbranched alkanes of at least 4 members (excludes halogenated alkanes) is 12. The Labute approximate surface area is 307 Å². The molecule has 0 amide bonds. The van der Waals surface area contributed by atoms with Gasteiger partial charge in [0.2, 0.25) is 5.76 Å². The fourth-order valence-electron chi connectivity index (χ4n) is 4.99. The van der Waals surface area contributed by atoms with E-state index in [4.69, 9.17) is 23.3 Å². The van der Waals surface area contributed by atoms with E-state index in [9.17, 15) is 44.0 Å². The lowest BCUT2D eigenvalue weighted by atomic mass is 10.0. The summed E-state index contributed by atoms with van der Waals surface area (Å²) >= 11 is 0. The molecule has 4 atom stereocenters. The lowest BCUT2D eigenvalue weighted by molar-refractivity contribution is -0.870. The van der Waals surface area contributed by atoms with Crippen LogP contribution in [0.2, 0.25) is 0 Å². The monoisotopic (exact) mass is 768 g/mol. The van der Waals surface area contributed by atoms with E-state index in [0.29, 0.717) is 17.4 Å². The second-order valence-electron chi connectivity index (χ2n) is 14.1. The molecule has 16 nitrogen and oxygen atoms in total. The van der Waals surface area contributed by atoms with Gasteiger partial charge in [-0.3, -0.25) is 23.4 Å². The van der Waals surface area contributed by atoms with Crippen molar-refractivity contribution in [3.05, 3.63) is 11.5 Å². The Bertz CT molecular complexity index is 1160. The van der Waals surface area contributed by atoms with Crippen LogP contribution in [0, 0.1) is 0 Å². The number of quaternary nitrogens is 1. The van der Waals surface area contributed by atoms with Gasteiger partial charge in [0.1, 0.15) is 32.5 Å². The molecule has 1 aliphatic heterocycles. The van der Waals surface area contributed by atoms with Gasteiger partial charge in [-0.05, 0) is 12.8 Å². The highest BCUT2D eigenvalue weighted by Gasteiger charge is 2.39. The molecule has 4 N–H and O–H groups in total. The standard InChI is InChI=1S/C35H62NO15P/c1-5-6-7-8-9-10-11-12-13-14-15-16-17-19-29(38)46-24-27(25-49-52(44,45)48-23-22-36(2,3)4)50-31(40)21-18-20-30(39)47-26-28(37)34-32(41)33(42)35(43)51-34/h27-28,34,37H,5-26H2,1-4H3,(H2-,41,42,43,44,45)/p+1/t27?,28-,34+/m0/s1. The Morgan fingerprint density at radius 3 is 1.77 bits per heavy atom. The number of phosphoric acid groups is 1. The Hall–Kier alpha value is -2.75. The number of cyclic esters (lactones) is 1. The zero-order valence-corrected chi connectivity index (χ0v) is 32.4. The zero-order chi connectivity index (χ0) is 39.0. The Morgan fingerprint density at radius 1 is 0.750 bits per heavy atom. The first-order valence-corrected chi connectivity index (χ1v) is 20.0. The van der Waals surface area contributed by atoms with E-state index >= 15 is 0 Å². The van der Waals surface area contributed by atoms with Crippen molar-refractivity contribution in [3.63, 3.8) is 0 Å². The fraction of sp³-hybridized carbons (Fsp3) is 0.829. The van der Waals surface area contributed by atoms with Crippen molar-refractivity contribution in [1.29, 1.82) is 0 Å². The molecule has 0 saturated carbocycles. The van der Waals surface area contributed by atoms with Crippen LogP contribution in [0.25, 0.3) is 0 Å². The number of phosphoric ester groups is 1. The molecule has 1 heterocycles. The van der Waals surface area contributed by atoms with Crippen molar-refractivity contribution in [2.45, 2.75) is 134 Å². The van der Waals surface area contributed by atoms with Gasteiger partial charge >= 0.3 is 31.7 Å². The molecule has 2 unspecified atom stereocenters. The minimum absolute atomic E-state index is 0.0445. The van der Waals surface area contributed by atoms with E-state index in [1.807, 2.05) is 21.1 Å². The highest BCUT2D eigenvalue weighted by atomic mass is 31.2. The number of carbonyl (C=O) groups excluding carboxylic acids is 4. The molecule has 0 saturated heterocycles. The molecule has 0 fully saturated rings. The Morgan fingerprint density at radius 2 is 1.25 bits per heavy atom. The van der Waals surface area contributed by atoms with Gasteiger partial charge in [-0.2, -0.15) is 0 Å². The summed E-state index contributed by atoms with van der Waals surface area (Å²) in [6.45, 7) is 0.873. The number of aliphatic hydroxyl groups excluding tert-OH is 3. The van der Waals surface area contributed by atoms with Crippen LogP contribution in [0.3, 0.4) is 0 Å². The lowest BCUT2D eigenvalue weighted by Crippen LogP contribution is -2.37. The normalized spacial score (nSPS) is 17.0. The van der Waals surface area contributed by atoms with Crippen LogP contribution < -0.4 is 0 Å². The molecule has 52 heavy (non-hydrogen) atoms. The number of carbonyl (C=O) groups is 4. The number of likely N-dealkylation sites (N-methyl/N-ethyl adjacent to an activating group) is 1. The molecule has 302 valence electrons. The largest absolute Gasteiger partial charge is 0.505 e. The van der Waals surface area contributed by atoms with E-state index in [0.717, 1.165) is 19.3 Å². The van der Waals surface area contributed by atoms with Crippen molar-refractivity contribution < 1.29 is 76.4 Å². The van der Waals surface area contributed by atoms with Crippen molar-refractivity contribution in [3.8, 4) is 0 Å². The molecule has 1 aliphatic rings. The van der Waals surface area contributed by atoms with Crippen LogP contribution in [0.15, 0.2) is 11.5 Å². The Kier molecular flexibility index (Phi) is 23.7. The van der Waals surface area contributed by atoms with E-state index < -0.39 is 81.4 Å². The molecule has 0 spiro atoms. The number of hydrogen-bond donors (Lipinski definition) is 4. The van der Waals surface area contributed by atoms with Crippen molar-refractivity contribution >= 4 is 31.7 Å². The zero-order valence-electron chi connectivity index (χ0n) is 31.5. The molecule has 0 radical (unpaired) electrons. The van der Waals surface area contributed by atoms with Crippen LogP contribution in [-0.2, 0) is 51.7 Å². The second kappa shape index (κ2) is 26.1. The summed E-state index contributed by atoms with van der Waals surface area (Å²) in [6, 6.07) is 0. The quantitative estimate of drug-likeness (QED) is 0.0237. The lowest BCUT2D eigenvalue weighted by Gasteiger charge is -2.24.